The Morgan fingerprint density at radius 3 is 2.08 bits per heavy atom. The second-order valence-electron chi connectivity index (χ2n) is 5.21. The number of hydrogen-bond donors (Lipinski definition) is 2. The van der Waals surface area contributed by atoms with Crippen molar-refractivity contribution < 1.29 is 27.4 Å². The molecule has 26 heavy (non-hydrogen) atoms. The highest BCUT2D eigenvalue weighted by Gasteiger charge is 2.29. The standard InChI is InChI=1S/C18H19F3N2O3/c1-2-25-15-7-9-16(10-8-15)26-12-11-22-17(24)23-14-5-3-13(4-6-14)18(19,20)21/h3-10H,2,11-12H2,1H3,(H2,22,23,24). The topological polar surface area (TPSA) is 59.6 Å². The summed E-state index contributed by atoms with van der Waals surface area (Å²) in [6, 6.07) is 10.8. The first-order valence-corrected chi connectivity index (χ1v) is 7.96. The van der Waals surface area contributed by atoms with Crippen LogP contribution in [0.25, 0.3) is 0 Å². The van der Waals surface area contributed by atoms with Gasteiger partial charge in [0.1, 0.15) is 18.1 Å². The van der Waals surface area contributed by atoms with Crippen LogP contribution in [0.3, 0.4) is 0 Å². The van der Waals surface area contributed by atoms with Crippen LogP contribution in [-0.2, 0) is 6.18 Å². The summed E-state index contributed by atoms with van der Waals surface area (Å²) < 4.78 is 48.2. The molecule has 2 aromatic rings. The Labute approximate surface area is 149 Å². The highest BCUT2D eigenvalue weighted by molar-refractivity contribution is 5.89. The van der Waals surface area contributed by atoms with Crippen LogP contribution in [0, 0.1) is 0 Å². The van der Waals surface area contributed by atoms with E-state index in [0.717, 1.165) is 17.9 Å². The first-order valence-electron chi connectivity index (χ1n) is 7.96. The molecule has 0 saturated heterocycles. The van der Waals surface area contributed by atoms with Gasteiger partial charge in [0.15, 0.2) is 0 Å². The van der Waals surface area contributed by atoms with Crippen LogP contribution in [0.2, 0.25) is 0 Å². The van der Waals surface area contributed by atoms with Crippen LogP contribution < -0.4 is 20.1 Å². The van der Waals surface area contributed by atoms with E-state index in [1.807, 2.05) is 6.92 Å². The predicted octanol–water partition coefficient (Wildman–Crippen LogP) is 4.30. The van der Waals surface area contributed by atoms with Crippen LogP contribution in [0.15, 0.2) is 48.5 Å². The molecular formula is C18H19F3N2O3. The van der Waals surface area contributed by atoms with Gasteiger partial charge in [-0.05, 0) is 55.5 Å². The molecule has 0 aromatic heterocycles. The fourth-order valence-corrected chi connectivity index (χ4v) is 2.05. The Bertz CT molecular complexity index is 701. The SMILES string of the molecule is CCOc1ccc(OCCNC(=O)Nc2ccc(C(F)(F)F)cc2)cc1. The van der Waals surface area contributed by atoms with Crippen molar-refractivity contribution in [3.63, 3.8) is 0 Å². The Hall–Kier alpha value is -2.90. The Kier molecular flexibility index (Phi) is 6.71. The zero-order valence-electron chi connectivity index (χ0n) is 14.1. The maximum atomic E-state index is 12.5. The van der Waals surface area contributed by atoms with Gasteiger partial charge in [-0.15, -0.1) is 0 Å². The Balaban J connectivity index is 1.70. The smallest absolute Gasteiger partial charge is 0.416 e. The van der Waals surface area contributed by atoms with E-state index in [2.05, 4.69) is 10.6 Å². The van der Waals surface area contributed by atoms with Crippen molar-refractivity contribution in [2.45, 2.75) is 13.1 Å². The van der Waals surface area contributed by atoms with E-state index in [4.69, 9.17) is 9.47 Å². The van der Waals surface area contributed by atoms with Gasteiger partial charge in [-0.1, -0.05) is 0 Å². The van der Waals surface area contributed by atoms with Gasteiger partial charge < -0.3 is 20.1 Å². The van der Waals surface area contributed by atoms with Gasteiger partial charge in [0.25, 0.3) is 0 Å². The summed E-state index contributed by atoms with van der Waals surface area (Å²) in [4.78, 5) is 11.7. The fourth-order valence-electron chi connectivity index (χ4n) is 2.05. The monoisotopic (exact) mass is 368 g/mol. The molecule has 0 aliphatic rings. The lowest BCUT2D eigenvalue weighted by molar-refractivity contribution is -0.137. The summed E-state index contributed by atoms with van der Waals surface area (Å²) in [5.41, 5.74) is -0.504. The van der Waals surface area contributed by atoms with Crippen LogP contribution in [0.5, 0.6) is 11.5 Å². The maximum absolute atomic E-state index is 12.5. The molecule has 2 amide bonds. The number of urea groups is 1. The molecule has 0 saturated carbocycles. The number of carbonyl (C=O) groups is 1. The number of nitrogens with one attached hydrogen (secondary N) is 2. The number of hydrogen-bond acceptors (Lipinski definition) is 3. The summed E-state index contributed by atoms with van der Waals surface area (Å²) in [7, 11) is 0. The van der Waals surface area contributed by atoms with Gasteiger partial charge in [-0.3, -0.25) is 0 Å². The molecule has 140 valence electrons. The number of anilines is 1. The second kappa shape index (κ2) is 8.98. The molecule has 0 spiro atoms. The van der Waals surface area contributed by atoms with E-state index in [1.165, 1.54) is 12.1 Å². The van der Waals surface area contributed by atoms with Crippen LogP contribution in [0.1, 0.15) is 12.5 Å². The van der Waals surface area contributed by atoms with Crippen molar-refractivity contribution in [2.75, 3.05) is 25.1 Å². The molecule has 0 aliphatic carbocycles. The molecular weight excluding hydrogens is 349 g/mol. The molecule has 0 atom stereocenters. The third-order valence-electron chi connectivity index (χ3n) is 3.26. The molecule has 0 unspecified atom stereocenters. The molecule has 0 radical (unpaired) electrons. The summed E-state index contributed by atoms with van der Waals surface area (Å²) in [6.07, 6.45) is -4.40. The lowest BCUT2D eigenvalue weighted by Crippen LogP contribution is -2.32. The average Bonchev–Trinajstić information content (AvgIpc) is 2.60. The largest absolute Gasteiger partial charge is 0.494 e. The van der Waals surface area contributed by atoms with E-state index < -0.39 is 17.8 Å². The normalized spacial score (nSPS) is 10.9. The Morgan fingerprint density at radius 2 is 1.54 bits per heavy atom. The molecule has 0 heterocycles. The van der Waals surface area contributed by atoms with Crippen LogP contribution >= 0.6 is 0 Å². The van der Waals surface area contributed by atoms with Gasteiger partial charge in [-0.25, -0.2) is 4.79 Å². The highest BCUT2D eigenvalue weighted by atomic mass is 19.4. The molecule has 2 rings (SSSR count). The van der Waals surface area contributed by atoms with Crippen molar-refractivity contribution >= 4 is 11.7 Å². The minimum absolute atomic E-state index is 0.236. The number of rotatable bonds is 7. The molecule has 5 nitrogen and oxygen atoms in total. The van der Waals surface area contributed by atoms with Crippen LogP contribution in [0.4, 0.5) is 23.7 Å². The van der Waals surface area contributed by atoms with Crippen LogP contribution in [-0.4, -0.2) is 25.8 Å². The fraction of sp³-hybridized carbons (Fsp3) is 0.278. The van der Waals surface area contributed by atoms with E-state index in [0.29, 0.717) is 12.4 Å². The quantitative estimate of drug-likeness (QED) is 0.716. The van der Waals surface area contributed by atoms with Gasteiger partial charge in [0, 0.05) is 5.69 Å². The van der Waals surface area contributed by atoms with E-state index in [1.54, 1.807) is 24.3 Å². The number of carbonyl (C=O) groups excluding carboxylic acids is 1. The summed E-state index contributed by atoms with van der Waals surface area (Å²) in [5.74, 6) is 1.38. The van der Waals surface area contributed by atoms with Crippen molar-refractivity contribution in [2.24, 2.45) is 0 Å². The number of halogens is 3. The second-order valence-corrected chi connectivity index (χ2v) is 5.21. The first kappa shape index (κ1) is 19.4. The number of ether oxygens (including phenoxy) is 2. The summed E-state index contributed by atoms with van der Waals surface area (Å²) >= 11 is 0. The van der Waals surface area contributed by atoms with Gasteiger partial charge >= 0.3 is 12.2 Å². The van der Waals surface area contributed by atoms with Crippen molar-refractivity contribution in [3.8, 4) is 11.5 Å². The number of amides is 2. The third kappa shape index (κ3) is 6.19. The van der Waals surface area contributed by atoms with Gasteiger partial charge in [0.2, 0.25) is 0 Å². The Morgan fingerprint density at radius 1 is 0.962 bits per heavy atom. The summed E-state index contributed by atoms with van der Waals surface area (Å²) in [5, 5.41) is 5.01. The zero-order valence-corrected chi connectivity index (χ0v) is 14.1. The molecule has 0 aliphatic heterocycles. The molecule has 0 bridgehead atoms. The predicted molar refractivity (Wildman–Crippen MR) is 91.6 cm³/mol. The lowest BCUT2D eigenvalue weighted by Gasteiger charge is -2.11. The molecule has 2 aromatic carbocycles. The minimum Gasteiger partial charge on any atom is -0.494 e. The van der Waals surface area contributed by atoms with Crippen molar-refractivity contribution in [3.05, 3.63) is 54.1 Å². The number of alkyl halides is 3. The highest BCUT2D eigenvalue weighted by Crippen LogP contribution is 2.29. The van der Waals surface area contributed by atoms with Crippen molar-refractivity contribution in [1.29, 1.82) is 0 Å². The van der Waals surface area contributed by atoms with Gasteiger partial charge in [0.05, 0.1) is 18.7 Å². The van der Waals surface area contributed by atoms with E-state index in [9.17, 15) is 18.0 Å². The molecule has 2 N–H and O–H groups in total. The van der Waals surface area contributed by atoms with Crippen molar-refractivity contribution in [1.82, 2.24) is 5.32 Å². The zero-order chi connectivity index (χ0) is 19.0. The van der Waals surface area contributed by atoms with E-state index >= 15 is 0 Å². The molecule has 8 heteroatoms. The lowest BCUT2D eigenvalue weighted by atomic mass is 10.2. The first-order chi connectivity index (χ1) is 12.4. The maximum Gasteiger partial charge on any atom is 0.416 e. The average molecular weight is 368 g/mol. The van der Waals surface area contributed by atoms with Gasteiger partial charge in [-0.2, -0.15) is 13.2 Å². The van der Waals surface area contributed by atoms with E-state index in [-0.39, 0.29) is 18.8 Å². The third-order valence-corrected chi connectivity index (χ3v) is 3.26. The minimum atomic E-state index is -4.40. The molecule has 0 fully saturated rings. The summed E-state index contributed by atoms with van der Waals surface area (Å²) in [6.45, 7) is 2.96. The number of benzene rings is 2.